The maximum absolute atomic E-state index is 14.9. The second kappa shape index (κ2) is 25.6. The number of halogens is 6. The summed E-state index contributed by atoms with van der Waals surface area (Å²) < 4.78 is 85.7. The van der Waals surface area contributed by atoms with Gasteiger partial charge in [-0.3, -0.25) is 29.0 Å². The van der Waals surface area contributed by atoms with Crippen LogP contribution in [0.15, 0.2) is 120 Å². The molecular weight excluding hydrogens is 1110 g/mol. The highest BCUT2D eigenvalue weighted by atomic mass is 19.4. The normalized spacial score (nSPS) is 17.6. The standard InChI is InChI=1S/C60H65F6N13O6/c1-71(2)27-23-69-49(80)37-75-53(41-19-15-39(33-67)16-20-41)51-47(77(57(75)84)45-13-7-11-43(31-45)59(61,62)63)35-73(55(51)82)25-9-29-79(5,6)30-10-26-74-36-48-52(56(74)83)54(42-21-17-40(34-68)18-22-42)76(38-50(81)70-24-28-72(3)4)58(85)78(48)46-14-8-12-44(32-46)60(64,65)66/h7-8,11-22,31-32,53-54H,9-10,23-30,35-38H2,1-6H3,(H-,69,70,80,81)/p+1/t53-,54?/m1/s1. The highest BCUT2D eigenvalue weighted by molar-refractivity contribution is 6.09. The van der Waals surface area contributed by atoms with Gasteiger partial charge >= 0.3 is 24.4 Å². The fraction of sp³-hybridized carbons (Fsp3) is 0.400. The van der Waals surface area contributed by atoms with Crippen molar-refractivity contribution < 1.29 is 59.6 Å². The molecule has 4 heterocycles. The average molecular weight is 1180 g/mol. The number of anilines is 2. The van der Waals surface area contributed by atoms with E-state index < -0.39 is 84.3 Å². The number of likely N-dealkylation sites (N-methyl/N-ethyl adjacent to an activating group) is 2. The Morgan fingerprint density at radius 3 is 1.28 bits per heavy atom. The van der Waals surface area contributed by atoms with Crippen LogP contribution in [0.2, 0.25) is 0 Å². The number of hydrogen-bond acceptors (Lipinski definition) is 10. The minimum Gasteiger partial charge on any atom is -0.353 e. The van der Waals surface area contributed by atoms with Gasteiger partial charge in [-0.1, -0.05) is 36.4 Å². The highest BCUT2D eigenvalue weighted by Gasteiger charge is 2.51. The van der Waals surface area contributed by atoms with Crippen LogP contribution in [0.5, 0.6) is 0 Å². The van der Waals surface area contributed by atoms with E-state index >= 15 is 0 Å². The predicted molar refractivity (Wildman–Crippen MR) is 301 cm³/mol. The van der Waals surface area contributed by atoms with Gasteiger partial charge in [0.1, 0.15) is 13.1 Å². The monoisotopic (exact) mass is 1180 g/mol. The average Bonchev–Trinajstić information content (AvgIpc) is 1.86. The zero-order chi connectivity index (χ0) is 61.7. The Hall–Kier alpha value is -8.78. The Kier molecular flexibility index (Phi) is 18.8. The van der Waals surface area contributed by atoms with Crippen LogP contribution in [-0.2, 0) is 31.5 Å². The van der Waals surface area contributed by atoms with Crippen LogP contribution in [0.4, 0.5) is 47.3 Å². The molecule has 2 N–H and O–H groups in total. The van der Waals surface area contributed by atoms with Crippen molar-refractivity contribution in [1.82, 2.24) is 40.0 Å². The minimum absolute atomic E-state index is 0.0734. The van der Waals surface area contributed by atoms with E-state index in [2.05, 4.69) is 10.6 Å². The van der Waals surface area contributed by atoms with Crippen molar-refractivity contribution in [3.05, 3.63) is 153 Å². The van der Waals surface area contributed by atoms with Gasteiger partial charge in [-0.05, 0) is 100.0 Å². The number of quaternary nitrogens is 1. The molecule has 8 rings (SSSR count). The van der Waals surface area contributed by atoms with Gasteiger partial charge in [0, 0.05) is 52.1 Å². The van der Waals surface area contributed by atoms with Gasteiger partial charge < -0.3 is 44.5 Å². The molecule has 2 atom stereocenters. The first-order valence-corrected chi connectivity index (χ1v) is 27.5. The zero-order valence-corrected chi connectivity index (χ0v) is 47.9. The molecule has 0 saturated heterocycles. The number of nitrogens with zero attached hydrogens (tertiary/aromatic N) is 11. The van der Waals surface area contributed by atoms with E-state index in [0.29, 0.717) is 54.6 Å². The topological polar surface area (TPSA) is 200 Å². The Morgan fingerprint density at radius 1 is 0.588 bits per heavy atom. The summed E-state index contributed by atoms with van der Waals surface area (Å²) in [5.41, 5.74) is -0.642. The smallest absolute Gasteiger partial charge is 0.353 e. The molecule has 4 aliphatic heterocycles. The fourth-order valence-corrected chi connectivity index (χ4v) is 11.0. The summed E-state index contributed by atoms with van der Waals surface area (Å²) in [7, 11) is 11.1. The predicted octanol–water partition coefficient (Wildman–Crippen LogP) is 6.54. The van der Waals surface area contributed by atoms with Crippen LogP contribution in [0.3, 0.4) is 0 Å². The lowest BCUT2D eigenvalue weighted by atomic mass is 9.92. The summed E-state index contributed by atoms with van der Waals surface area (Å²) in [4.78, 5) is 98.0. The van der Waals surface area contributed by atoms with Gasteiger partial charge in [0.2, 0.25) is 11.8 Å². The molecule has 0 bridgehead atoms. The maximum atomic E-state index is 14.9. The number of rotatable bonds is 22. The number of benzene rings is 4. The molecule has 4 aliphatic rings. The van der Waals surface area contributed by atoms with E-state index in [4.69, 9.17) is 0 Å². The molecule has 0 saturated carbocycles. The number of hydrogen-bond donors (Lipinski definition) is 2. The second-order valence-electron chi connectivity index (χ2n) is 22.4. The molecule has 4 aromatic carbocycles. The van der Waals surface area contributed by atoms with Gasteiger partial charge in [-0.25, -0.2) is 9.59 Å². The summed E-state index contributed by atoms with van der Waals surface area (Å²) in [6.07, 6.45) is -8.80. The van der Waals surface area contributed by atoms with Gasteiger partial charge in [0.25, 0.3) is 11.8 Å². The lowest BCUT2D eigenvalue weighted by Crippen LogP contribution is -2.53. The Bertz CT molecular complexity index is 3150. The van der Waals surface area contributed by atoms with Crippen LogP contribution >= 0.6 is 0 Å². The van der Waals surface area contributed by atoms with Crippen molar-refractivity contribution in [3.8, 4) is 12.1 Å². The van der Waals surface area contributed by atoms with E-state index in [1.165, 1.54) is 46.2 Å². The second-order valence-corrected chi connectivity index (χ2v) is 22.4. The fourth-order valence-electron chi connectivity index (χ4n) is 11.0. The van der Waals surface area contributed by atoms with Crippen LogP contribution in [-0.4, -0.2) is 190 Å². The van der Waals surface area contributed by atoms with Crippen LogP contribution < -0.4 is 20.4 Å². The highest BCUT2D eigenvalue weighted by Crippen LogP contribution is 2.46. The number of carbonyl (C=O) groups excluding carboxylic acids is 6. The molecule has 25 heteroatoms. The molecule has 1 unspecified atom stereocenters. The molecule has 4 aromatic rings. The van der Waals surface area contributed by atoms with Crippen molar-refractivity contribution in [2.24, 2.45) is 0 Å². The molecule has 19 nitrogen and oxygen atoms in total. The summed E-state index contributed by atoms with van der Waals surface area (Å²) in [5.74, 6) is -2.18. The number of nitriles is 2. The Balaban J connectivity index is 1.02. The van der Waals surface area contributed by atoms with Crippen molar-refractivity contribution >= 4 is 47.1 Å². The third-order valence-electron chi connectivity index (χ3n) is 15.3. The summed E-state index contributed by atoms with van der Waals surface area (Å²) >= 11 is 0. The first-order valence-electron chi connectivity index (χ1n) is 27.5. The van der Waals surface area contributed by atoms with Crippen LogP contribution in [0, 0.1) is 22.7 Å². The molecule has 0 radical (unpaired) electrons. The number of urea groups is 2. The SMILES string of the molecule is CN(C)CCNC(=O)CN1C(=O)N(c2cccc(C(F)(F)F)c2)C2=C(C(=O)N(CCC[N+](C)(C)CCCN3CC4=C(C3=O)[C@@H](c3ccc(C#N)cc3)N(CC(=O)NCCN(C)C)C(=O)N4c3cccc(C(F)(F)F)c3)C2)C1c1ccc(C#N)cc1. The Morgan fingerprint density at radius 2 is 0.953 bits per heavy atom. The van der Waals surface area contributed by atoms with E-state index in [9.17, 15) is 65.6 Å². The van der Waals surface area contributed by atoms with E-state index in [1.54, 1.807) is 24.3 Å². The molecule has 0 aliphatic carbocycles. The molecular formula is C60H66F6N13O6+. The third-order valence-corrected chi connectivity index (χ3v) is 15.3. The summed E-state index contributed by atoms with van der Waals surface area (Å²) in [5, 5.41) is 24.8. The summed E-state index contributed by atoms with van der Waals surface area (Å²) in [6.45, 7) is 1.05. The van der Waals surface area contributed by atoms with Crippen LogP contribution in [0.25, 0.3) is 0 Å². The molecule has 85 heavy (non-hydrogen) atoms. The Labute approximate surface area is 488 Å². The lowest BCUT2D eigenvalue weighted by molar-refractivity contribution is -0.890. The van der Waals surface area contributed by atoms with Gasteiger partial charge in [0.15, 0.2) is 0 Å². The van der Waals surface area contributed by atoms with Crippen LogP contribution in [0.1, 0.15) is 58.3 Å². The molecule has 8 amide bonds. The first-order chi connectivity index (χ1) is 40.2. The number of nitrogens with one attached hydrogen (secondary N) is 2. The summed E-state index contributed by atoms with van der Waals surface area (Å²) in [6, 6.07) is 20.7. The third kappa shape index (κ3) is 14.1. The largest absolute Gasteiger partial charge is 0.416 e. The molecule has 0 fully saturated rings. The number of amides is 8. The molecule has 0 aromatic heterocycles. The lowest BCUT2D eigenvalue weighted by Gasteiger charge is -2.41. The molecule has 448 valence electrons. The quantitative estimate of drug-likeness (QED) is 0.0644. The number of carbonyl (C=O) groups is 6. The van der Waals surface area contributed by atoms with Gasteiger partial charge in [-0.15, -0.1) is 0 Å². The number of alkyl halides is 6. The first kappa shape index (κ1) is 62.3. The van der Waals surface area contributed by atoms with Gasteiger partial charge in [0.05, 0.1) is 121 Å². The molecule has 0 spiro atoms. The van der Waals surface area contributed by atoms with Crippen molar-refractivity contribution in [2.45, 2.75) is 37.3 Å². The zero-order valence-electron chi connectivity index (χ0n) is 47.9. The van der Waals surface area contributed by atoms with Gasteiger partial charge in [-0.2, -0.15) is 36.9 Å². The van der Waals surface area contributed by atoms with E-state index in [1.807, 2.05) is 64.2 Å². The van der Waals surface area contributed by atoms with E-state index in [-0.39, 0.29) is 84.3 Å². The maximum Gasteiger partial charge on any atom is 0.416 e. The van der Waals surface area contributed by atoms with Crippen molar-refractivity contribution in [1.29, 1.82) is 10.5 Å². The van der Waals surface area contributed by atoms with Crippen molar-refractivity contribution in [2.75, 3.05) is 131 Å². The van der Waals surface area contributed by atoms with Crippen molar-refractivity contribution in [3.63, 3.8) is 0 Å². The minimum atomic E-state index is -4.78. The van der Waals surface area contributed by atoms with E-state index in [0.717, 1.165) is 56.0 Å².